The molecule has 1 aromatic heterocycles. The minimum Gasteiger partial charge on any atom is -0.348 e. The maximum absolute atomic E-state index is 12.6. The molecule has 4 rings (SSSR count). The Morgan fingerprint density at radius 1 is 1.21 bits per heavy atom. The fraction of sp³-hybridized carbons (Fsp3) is 0.750. The second-order valence-electron chi connectivity index (χ2n) is 7.03. The molecule has 1 aromatic rings. The van der Waals surface area contributed by atoms with Gasteiger partial charge in [-0.3, -0.25) is 19.2 Å². The van der Waals surface area contributed by atoms with Crippen molar-refractivity contribution >= 4 is 11.8 Å². The highest BCUT2D eigenvalue weighted by atomic mass is 16.2. The first-order chi connectivity index (χ1) is 11.5. The smallest absolute Gasteiger partial charge is 0.236 e. The number of hydrogen-bond acceptors (Lipinski definition) is 5. The lowest BCUT2D eigenvalue weighted by molar-refractivity contribution is -0.135. The third-order valence-electron chi connectivity index (χ3n) is 4.99. The molecular formula is C16H26N6O2. The average Bonchev–Trinajstić information content (AvgIpc) is 2.93. The van der Waals surface area contributed by atoms with E-state index in [-0.39, 0.29) is 17.9 Å². The van der Waals surface area contributed by atoms with Gasteiger partial charge in [0.15, 0.2) is 0 Å². The standard InChI is InChI=1S/C16H26N6O2/c1-19(2)16(24)10-20-7-13-3-4-14(9-20)22(8-13)15(23)5-6-21-12-17-11-18-21/h11-14H,3-10H2,1-2H3. The van der Waals surface area contributed by atoms with E-state index in [4.69, 9.17) is 0 Å². The molecule has 4 heterocycles. The molecule has 0 aliphatic carbocycles. The van der Waals surface area contributed by atoms with E-state index >= 15 is 0 Å². The van der Waals surface area contributed by atoms with Crippen molar-refractivity contribution in [3.63, 3.8) is 0 Å². The normalized spacial score (nSPS) is 24.0. The number of aryl methyl sites for hydroxylation is 1. The van der Waals surface area contributed by atoms with Gasteiger partial charge in [-0.1, -0.05) is 0 Å². The zero-order valence-corrected chi connectivity index (χ0v) is 14.5. The summed E-state index contributed by atoms with van der Waals surface area (Å²) < 4.78 is 1.69. The fourth-order valence-electron chi connectivity index (χ4n) is 3.65. The molecule has 8 heteroatoms. The van der Waals surface area contributed by atoms with E-state index < -0.39 is 0 Å². The topological polar surface area (TPSA) is 74.6 Å². The number of piperidine rings is 1. The lowest BCUT2D eigenvalue weighted by Crippen LogP contribution is -2.48. The first-order valence-corrected chi connectivity index (χ1v) is 8.57. The van der Waals surface area contributed by atoms with Crippen LogP contribution in [0.25, 0.3) is 0 Å². The molecule has 0 N–H and O–H groups in total. The van der Waals surface area contributed by atoms with Gasteiger partial charge >= 0.3 is 0 Å². The fourth-order valence-corrected chi connectivity index (χ4v) is 3.65. The van der Waals surface area contributed by atoms with Gasteiger partial charge in [0, 0.05) is 46.2 Å². The highest BCUT2D eigenvalue weighted by Crippen LogP contribution is 2.28. The summed E-state index contributed by atoms with van der Waals surface area (Å²) in [6.07, 6.45) is 5.74. The van der Waals surface area contributed by atoms with Crippen LogP contribution < -0.4 is 0 Å². The van der Waals surface area contributed by atoms with E-state index in [1.165, 1.54) is 6.33 Å². The highest BCUT2D eigenvalue weighted by Gasteiger charge is 2.37. The molecule has 3 aliphatic rings. The summed E-state index contributed by atoms with van der Waals surface area (Å²) >= 11 is 0. The maximum atomic E-state index is 12.6. The summed E-state index contributed by atoms with van der Waals surface area (Å²) in [5.74, 6) is 0.773. The lowest BCUT2D eigenvalue weighted by Gasteiger charge is -2.36. The third kappa shape index (κ3) is 3.92. The molecule has 0 aromatic carbocycles. The summed E-state index contributed by atoms with van der Waals surface area (Å²) in [4.78, 5) is 34.4. The Morgan fingerprint density at radius 2 is 2.04 bits per heavy atom. The van der Waals surface area contributed by atoms with Crippen LogP contribution in [0.5, 0.6) is 0 Å². The summed E-state index contributed by atoms with van der Waals surface area (Å²) in [6, 6.07) is 0.224. The van der Waals surface area contributed by atoms with Crippen LogP contribution >= 0.6 is 0 Å². The Morgan fingerprint density at radius 3 is 2.75 bits per heavy atom. The van der Waals surface area contributed by atoms with Gasteiger partial charge in [0.05, 0.1) is 13.1 Å². The number of rotatable bonds is 5. The van der Waals surface area contributed by atoms with Crippen molar-refractivity contribution in [2.24, 2.45) is 5.92 Å². The van der Waals surface area contributed by atoms with Gasteiger partial charge in [0.2, 0.25) is 11.8 Å². The lowest BCUT2D eigenvalue weighted by atomic mass is 9.95. The largest absolute Gasteiger partial charge is 0.348 e. The Kier molecular flexibility index (Phi) is 5.13. The maximum Gasteiger partial charge on any atom is 0.236 e. The van der Waals surface area contributed by atoms with E-state index in [2.05, 4.69) is 15.0 Å². The SMILES string of the molecule is CN(C)C(=O)CN1CC2CCC(C1)N(C(=O)CCn1cncn1)C2. The van der Waals surface area contributed by atoms with Gasteiger partial charge < -0.3 is 9.80 Å². The predicted octanol–water partition coefficient (Wildman–Crippen LogP) is -0.321. The molecule has 0 saturated carbocycles. The Hall–Kier alpha value is -1.96. The Bertz CT molecular complexity index is 573. The predicted molar refractivity (Wildman–Crippen MR) is 88.0 cm³/mol. The molecule has 2 atom stereocenters. The van der Waals surface area contributed by atoms with E-state index in [1.807, 2.05) is 4.90 Å². The van der Waals surface area contributed by atoms with Crippen molar-refractivity contribution in [3.05, 3.63) is 12.7 Å². The zero-order valence-electron chi connectivity index (χ0n) is 14.5. The number of carbonyl (C=O) groups is 2. The van der Waals surface area contributed by atoms with Crippen LogP contribution in [0.4, 0.5) is 0 Å². The molecule has 0 radical (unpaired) electrons. The molecule has 0 spiro atoms. The van der Waals surface area contributed by atoms with Gasteiger partial charge in [-0.05, 0) is 18.8 Å². The van der Waals surface area contributed by atoms with Gasteiger partial charge in [-0.15, -0.1) is 0 Å². The van der Waals surface area contributed by atoms with Gasteiger partial charge in [0.1, 0.15) is 12.7 Å². The summed E-state index contributed by atoms with van der Waals surface area (Å²) in [5.41, 5.74) is 0. The Labute approximate surface area is 142 Å². The van der Waals surface area contributed by atoms with E-state index in [0.717, 1.165) is 32.5 Å². The van der Waals surface area contributed by atoms with Crippen LogP contribution in [0.2, 0.25) is 0 Å². The van der Waals surface area contributed by atoms with Crippen molar-refractivity contribution in [2.45, 2.75) is 31.8 Å². The number of likely N-dealkylation sites (N-methyl/N-ethyl adjacent to an activating group) is 1. The van der Waals surface area contributed by atoms with Crippen molar-refractivity contribution in [1.82, 2.24) is 29.5 Å². The number of fused-ring (bicyclic) bond motifs is 4. The van der Waals surface area contributed by atoms with Gasteiger partial charge in [-0.25, -0.2) is 4.98 Å². The second kappa shape index (κ2) is 7.29. The van der Waals surface area contributed by atoms with E-state index in [9.17, 15) is 9.59 Å². The molecule has 3 aliphatic heterocycles. The van der Waals surface area contributed by atoms with E-state index in [1.54, 1.807) is 30.0 Å². The minimum absolute atomic E-state index is 0.125. The van der Waals surface area contributed by atoms with Crippen LogP contribution in [0.3, 0.4) is 0 Å². The quantitative estimate of drug-likeness (QED) is 0.738. The highest BCUT2D eigenvalue weighted by molar-refractivity contribution is 5.78. The van der Waals surface area contributed by atoms with E-state index in [0.29, 0.717) is 25.4 Å². The molecule has 3 fully saturated rings. The summed E-state index contributed by atoms with van der Waals surface area (Å²) in [6.45, 7) is 3.53. The Balaban J connectivity index is 1.58. The molecule has 2 unspecified atom stereocenters. The first-order valence-electron chi connectivity index (χ1n) is 8.57. The van der Waals surface area contributed by atoms with Gasteiger partial charge in [-0.2, -0.15) is 5.10 Å². The zero-order chi connectivity index (χ0) is 17.1. The monoisotopic (exact) mass is 334 g/mol. The molecule has 2 bridgehead atoms. The number of carbonyl (C=O) groups excluding carboxylic acids is 2. The minimum atomic E-state index is 0.125. The number of aromatic nitrogens is 3. The summed E-state index contributed by atoms with van der Waals surface area (Å²) in [5, 5.41) is 4.05. The molecule has 24 heavy (non-hydrogen) atoms. The van der Waals surface area contributed by atoms with Gasteiger partial charge in [0.25, 0.3) is 0 Å². The van der Waals surface area contributed by atoms with Crippen LogP contribution in [0.15, 0.2) is 12.7 Å². The number of amides is 2. The molecule has 8 nitrogen and oxygen atoms in total. The van der Waals surface area contributed by atoms with Crippen molar-refractivity contribution in [3.8, 4) is 0 Å². The molecule has 2 amide bonds. The van der Waals surface area contributed by atoms with Crippen LogP contribution in [0, 0.1) is 5.92 Å². The number of hydrogen-bond donors (Lipinski definition) is 0. The van der Waals surface area contributed by atoms with Crippen LogP contribution in [-0.4, -0.2) is 87.6 Å². The first kappa shape index (κ1) is 16.9. The number of nitrogens with zero attached hydrogens (tertiary/aromatic N) is 6. The third-order valence-corrected chi connectivity index (χ3v) is 4.99. The average molecular weight is 334 g/mol. The molecule has 3 saturated heterocycles. The molecular weight excluding hydrogens is 308 g/mol. The van der Waals surface area contributed by atoms with Crippen molar-refractivity contribution in [2.75, 3.05) is 40.3 Å². The summed E-state index contributed by atoms with van der Waals surface area (Å²) in [7, 11) is 3.57. The van der Waals surface area contributed by atoms with Crippen LogP contribution in [-0.2, 0) is 16.1 Å². The van der Waals surface area contributed by atoms with Crippen LogP contribution in [0.1, 0.15) is 19.3 Å². The van der Waals surface area contributed by atoms with Crippen molar-refractivity contribution < 1.29 is 9.59 Å². The second-order valence-corrected chi connectivity index (χ2v) is 7.03. The molecule has 132 valence electrons. The van der Waals surface area contributed by atoms with Crippen molar-refractivity contribution in [1.29, 1.82) is 0 Å².